The Bertz CT molecular complexity index is 475. The Morgan fingerprint density at radius 2 is 1.50 bits per heavy atom. The van der Waals surface area contributed by atoms with Gasteiger partial charge in [0, 0.05) is 0 Å². The Balaban J connectivity index is 3.01. The van der Waals surface area contributed by atoms with Gasteiger partial charge in [0.1, 0.15) is 5.52 Å². The second kappa shape index (κ2) is 2.91. The number of hydrogen-bond donors (Lipinski definition) is 0. The number of hydrogen-bond acceptors (Lipinski definition) is 2. The van der Waals surface area contributed by atoms with Crippen LogP contribution in [-0.2, 0) is 0 Å². The lowest BCUT2D eigenvalue weighted by Crippen LogP contribution is -1.96. The van der Waals surface area contributed by atoms with E-state index in [0.717, 1.165) is 11.3 Å². The van der Waals surface area contributed by atoms with E-state index in [1.165, 1.54) is 6.92 Å². The third kappa shape index (κ3) is 1.10. The number of aromatic nitrogens is 1. The highest BCUT2D eigenvalue weighted by molar-refractivity contribution is 7.18. The Hall–Kier alpha value is -1.17. The fourth-order valence-corrected chi connectivity index (χ4v) is 1.96. The molecule has 1 nitrogen and oxygen atoms in total. The second-order valence-electron chi connectivity index (χ2n) is 2.67. The van der Waals surface area contributed by atoms with Gasteiger partial charge in [-0.05, 0) is 6.92 Å². The van der Waals surface area contributed by atoms with Crippen molar-refractivity contribution in [1.29, 1.82) is 0 Å². The molecule has 0 aliphatic rings. The first-order valence-corrected chi connectivity index (χ1v) is 4.43. The Kier molecular flexibility index (Phi) is 1.95. The van der Waals surface area contributed by atoms with Gasteiger partial charge in [0.25, 0.3) is 0 Å². The topological polar surface area (TPSA) is 12.9 Å². The van der Waals surface area contributed by atoms with Crippen molar-refractivity contribution in [3.8, 4) is 0 Å². The van der Waals surface area contributed by atoms with Gasteiger partial charge in [-0.2, -0.15) is 0 Å². The smallest absolute Gasteiger partial charge is 0.199 e. The molecule has 6 heteroatoms. The summed E-state index contributed by atoms with van der Waals surface area (Å²) in [5, 5.41) is 0.350. The van der Waals surface area contributed by atoms with Gasteiger partial charge >= 0.3 is 0 Å². The molecule has 0 bridgehead atoms. The molecule has 0 amide bonds. The quantitative estimate of drug-likeness (QED) is 0.378. The number of aryl methyl sites for hydroxylation is 1. The van der Waals surface area contributed by atoms with Crippen molar-refractivity contribution >= 4 is 21.6 Å². The van der Waals surface area contributed by atoms with Crippen LogP contribution in [0.15, 0.2) is 0 Å². The van der Waals surface area contributed by atoms with Crippen LogP contribution in [0, 0.1) is 30.2 Å². The molecule has 0 aliphatic heterocycles. The lowest BCUT2D eigenvalue weighted by Gasteiger charge is -1.97. The van der Waals surface area contributed by atoms with Crippen molar-refractivity contribution in [3.05, 3.63) is 28.3 Å². The highest BCUT2D eigenvalue weighted by Gasteiger charge is 2.22. The highest BCUT2D eigenvalue weighted by Crippen LogP contribution is 2.30. The maximum atomic E-state index is 13.0. The summed E-state index contributed by atoms with van der Waals surface area (Å²) in [6, 6.07) is 0. The maximum Gasteiger partial charge on any atom is 0.199 e. The first kappa shape index (κ1) is 9.39. The largest absolute Gasteiger partial charge is 0.238 e. The van der Waals surface area contributed by atoms with Crippen molar-refractivity contribution < 1.29 is 17.6 Å². The minimum absolute atomic E-state index is 0.293. The summed E-state index contributed by atoms with van der Waals surface area (Å²) in [6.07, 6.45) is 0. The van der Waals surface area contributed by atoms with E-state index in [0.29, 0.717) is 5.01 Å². The van der Waals surface area contributed by atoms with E-state index in [2.05, 4.69) is 4.98 Å². The van der Waals surface area contributed by atoms with Crippen LogP contribution in [0.3, 0.4) is 0 Å². The van der Waals surface area contributed by atoms with Crippen LogP contribution >= 0.6 is 11.3 Å². The molecule has 2 rings (SSSR count). The summed E-state index contributed by atoms with van der Waals surface area (Å²) in [5.74, 6) is -6.44. The molecule has 14 heavy (non-hydrogen) atoms. The van der Waals surface area contributed by atoms with Crippen LogP contribution < -0.4 is 0 Å². The van der Waals surface area contributed by atoms with Crippen LogP contribution in [0.25, 0.3) is 10.2 Å². The van der Waals surface area contributed by atoms with E-state index < -0.39 is 28.8 Å². The third-order valence-electron chi connectivity index (χ3n) is 1.72. The molecule has 0 N–H and O–H groups in total. The molecule has 1 aromatic heterocycles. The lowest BCUT2D eigenvalue weighted by atomic mass is 10.3. The third-order valence-corrected chi connectivity index (χ3v) is 2.68. The molecule has 1 heterocycles. The Labute approximate surface area is 80.0 Å². The first-order chi connectivity index (χ1) is 6.52. The van der Waals surface area contributed by atoms with Crippen molar-refractivity contribution in [2.24, 2.45) is 0 Å². The Morgan fingerprint density at radius 1 is 0.929 bits per heavy atom. The molecular formula is C8H3F4NS. The number of fused-ring (bicyclic) bond motifs is 1. The molecular weight excluding hydrogens is 218 g/mol. The standard InChI is InChI=1S/C8H3F4NS/c1-2-13-7-5(11)3(9)4(10)6(12)8(7)14-2/h1H3. The molecule has 0 spiro atoms. The molecule has 0 fully saturated rings. The van der Waals surface area contributed by atoms with Gasteiger partial charge < -0.3 is 0 Å². The number of rotatable bonds is 0. The molecule has 0 radical (unpaired) electrons. The van der Waals surface area contributed by atoms with Crippen LogP contribution in [-0.4, -0.2) is 4.98 Å². The van der Waals surface area contributed by atoms with E-state index in [1.807, 2.05) is 0 Å². The molecule has 0 unspecified atom stereocenters. The summed E-state index contributed by atoms with van der Waals surface area (Å²) < 4.78 is 51.2. The van der Waals surface area contributed by atoms with Crippen molar-refractivity contribution in [2.75, 3.05) is 0 Å². The SMILES string of the molecule is Cc1nc2c(F)c(F)c(F)c(F)c2s1. The number of nitrogens with zero attached hydrogens (tertiary/aromatic N) is 1. The summed E-state index contributed by atoms with van der Waals surface area (Å²) in [6.45, 7) is 1.50. The molecule has 0 saturated heterocycles. The van der Waals surface area contributed by atoms with Gasteiger partial charge in [0.15, 0.2) is 23.3 Å². The normalized spacial score (nSPS) is 11.2. The van der Waals surface area contributed by atoms with Crippen LogP contribution in [0.4, 0.5) is 17.6 Å². The van der Waals surface area contributed by atoms with Gasteiger partial charge in [-0.15, -0.1) is 11.3 Å². The van der Waals surface area contributed by atoms with Crippen LogP contribution in [0.5, 0.6) is 0 Å². The predicted molar refractivity (Wildman–Crippen MR) is 44.2 cm³/mol. The average Bonchev–Trinajstić information content (AvgIpc) is 2.54. The van der Waals surface area contributed by atoms with E-state index in [1.54, 1.807) is 0 Å². The second-order valence-corrected chi connectivity index (χ2v) is 3.87. The van der Waals surface area contributed by atoms with Crippen molar-refractivity contribution in [3.63, 3.8) is 0 Å². The maximum absolute atomic E-state index is 13.0. The molecule has 0 atom stereocenters. The van der Waals surface area contributed by atoms with Crippen molar-refractivity contribution in [2.45, 2.75) is 6.92 Å². The zero-order chi connectivity index (χ0) is 10.5. The summed E-state index contributed by atoms with van der Waals surface area (Å²) in [4.78, 5) is 3.57. The van der Waals surface area contributed by atoms with Gasteiger partial charge in [-0.25, -0.2) is 22.5 Å². The first-order valence-electron chi connectivity index (χ1n) is 3.61. The van der Waals surface area contributed by atoms with Gasteiger partial charge in [0.05, 0.1) is 9.71 Å². The Morgan fingerprint density at radius 3 is 2.14 bits per heavy atom. The monoisotopic (exact) mass is 221 g/mol. The van der Waals surface area contributed by atoms with E-state index in [4.69, 9.17) is 0 Å². The summed E-state index contributed by atoms with van der Waals surface area (Å²) >= 11 is 0.783. The number of thiazole rings is 1. The number of benzene rings is 1. The molecule has 74 valence electrons. The van der Waals surface area contributed by atoms with Crippen LogP contribution in [0.1, 0.15) is 5.01 Å². The van der Waals surface area contributed by atoms with Gasteiger partial charge in [-0.1, -0.05) is 0 Å². The molecule has 2 aromatic rings. The van der Waals surface area contributed by atoms with Crippen LogP contribution in [0.2, 0.25) is 0 Å². The summed E-state index contributed by atoms with van der Waals surface area (Å²) in [7, 11) is 0. The lowest BCUT2D eigenvalue weighted by molar-refractivity contribution is 0.418. The minimum Gasteiger partial charge on any atom is -0.238 e. The molecule has 1 aromatic carbocycles. The fourth-order valence-electron chi connectivity index (χ4n) is 1.12. The van der Waals surface area contributed by atoms with Gasteiger partial charge in [0.2, 0.25) is 0 Å². The highest BCUT2D eigenvalue weighted by atomic mass is 32.1. The van der Waals surface area contributed by atoms with E-state index in [-0.39, 0.29) is 4.70 Å². The number of halogens is 4. The molecule has 0 aliphatic carbocycles. The van der Waals surface area contributed by atoms with E-state index >= 15 is 0 Å². The predicted octanol–water partition coefficient (Wildman–Crippen LogP) is 3.16. The zero-order valence-corrected chi connectivity index (χ0v) is 7.68. The minimum atomic E-state index is -1.82. The molecule has 0 saturated carbocycles. The van der Waals surface area contributed by atoms with Crippen molar-refractivity contribution in [1.82, 2.24) is 4.98 Å². The fraction of sp³-hybridized carbons (Fsp3) is 0.125. The van der Waals surface area contributed by atoms with E-state index in [9.17, 15) is 17.6 Å². The average molecular weight is 221 g/mol. The summed E-state index contributed by atoms with van der Waals surface area (Å²) in [5.41, 5.74) is -0.455. The zero-order valence-electron chi connectivity index (χ0n) is 6.87. The van der Waals surface area contributed by atoms with Gasteiger partial charge in [-0.3, -0.25) is 0 Å².